The zero-order valence-corrected chi connectivity index (χ0v) is 12.9. The van der Waals surface area contributed by atoms with Crippen molar-refractivity contribution in [3.05, 3.63) is 45.9 Å². The fourth-order valence-corrected chi connectivity index (χ4v) is 2.82. The number of nitrogens with zero attached hydrogens (tertiary/aromatic N) is 1. The van der Waals surface area contributed by atoms with Crippen molar-refractivity contribution in [2.75, 3.05) is 13.7 Å². The molecule has 0 aliphatic carbocycles. The van der Waals surface area contributed by atoms with Crippen LogP contribution in [0, 0.1) is 0 Å². The van der Waals surface area contributed by atoms with E-state index in [9.17, 15) is 4.79 Å². The molecule has 6 heteroatoms. The minimum Gasteiger partial charge on any atom is -0.496 e. The highest BCUT2D eigenvalue weighted by molar-refractivity contribution is 7.09. The van der Waals surface area contributed by atoms with Gasteiger partial charge in [0.05, 0.1) is 18.2 Å². The number of hydrogen-bond donors (Lipinski definition) is 2. The van der Waals surface area contributed by atoms with E-state index in [4.69, 9.17) is 10.5 Å². The van der Waals surface area contributed by atoms with Crippen LogP contribution in [-0.4, -0.2) is 24.5 Å². The minimum atomic E-state index is -0.187. The lowest BCUT2D eigenvalue weighted by molar-refractivity contribution is 0.0935. The Morgan fingerprint density at radius 1 is 1.48 bits per heavy atom. The molecule has 0 saturated heterocycles. The number of methoxy groups -OCH3 is 1. The Labute approximate surface area is 128 Å². The van der Waals surface area contributed by atoms with Gasteiger partial charge in [0.25, 0.3) is 5.91 Å². The van der Waals surface area contributed by atoms with Crippen LogP contribution in [0.4, 0.5) is 0 Å². The molecular formula is C15H19N3O2S. The molecule has 1 aromatic heterocycles. The highest BCUT2D eigenvalue weighted by atomic mass is 32.1. The van der Waals surface area contributed by atoms with Gasteiger partial charge in [-0.15, -0.1) is 11.3 Å². The average molecular weight is 305 g/mol. The van der Waals surface area contributed by atoms with Gasteiger partial charge in [-0.05, 0) is 19.5 Å². The number of nitrogens with two attached hydrogens (primary N) is 1. The Bertz CT molecular complexity index is 612. The quantitative estimate of drug-likeness (QED) is 0.857. The number of carbonyl (C=O) groups is 1. The molecule has 1 atom stereocenters. The zero-order valence-electron chi connectivity index (χ0n) is 12.1. The van der Waals surface area contributed by atoms with Gasteiger partial charge in [0.1, 0.15) is 11.4 Å². The summed E-state index contributed by atoms with van der Waals surface area (Å²) < 4.78 is 5.31. The van der Waals surface area contributed by atoms with E-state index < -0.39 is 0 Å². The van der Waals surface area contributed by atoms with Gasteiger partial charge in [0.2, 0.25) is 0 Å². The molecule has 2 aromatic rings. The number of hydrogen-bond acceptors (Lipinski definition) is 5. The van der Waals surface area contributed by atoms with Crippen LogP contribution >= 0.6 is 11.3 Å². The number of rotatable bonds is 6. The van der Waals surface area contributed by atoms with Crippen molar-refractivity contribution >= 4 is 17.2 Å². The molecule has 112 valence electrons. The van der Waals surface area contributed by atoms with E-state index in [1.54, 1.807) is 12.5 Å². The van der Waals surface area contributed by atoms with Gasteiger partial charge in [0, 0.05) is 17.4 Å². The molecule has 0 saturated carbocycles. The van der Waals surface area contributed by atoms with Gasteiger partial charge in [-0.25, -0.2) is 4.98 Å². The van der Waals surface area contributed by atoms with E-state index >= 15 is 0 Å². The molecule has 0 aliphatic rings. The predicted octanol–water partition coefficient (Wildman–Crippen LogP) is 2.14. The van der Waals surface area contributed by atoms with Gasteiger partial charge in [-0.3, -0.25) is 4.79 Å². The third-order valence-corrected chi connectivity index (χ3v) is 4.00. The van der Waals surface area contributed by atoms with Crippen LogP contribution < -0.4 is 15.8 Å². The summed E-state index contributed by atoms with van der Waals surface area (Å²) in [4.78, 5) is 16.5. The molecular weight excluding hydrogens is 286 g/mol. The molecule has 0 spiro atoms. The monoisotopic (exact) mass is 305 g/mol. The second-order valence-corrected chi connectivity index (χ2v) is 5.54. The number of amides is 1. The third kappa shape index (κ3) is 3.80. The molecule has 3 N–H and O–H groups in total. The predicted molar refractivity (Wildman–Crippen MR) is 83.7 cm³/mol. The molecule has 2 rings (SSSR count). The molecule has 1 amide bonds. The normalized spacial score (nSPS) is 12.0. The fraction of sp³-hybridized carbons (Fsp3) is 0.333. The van der Waals surface area contributed by atoms with E-state index in [1.165, 1.54) is 11.3 Å². The smallest absolute Gasteiger partial charge is 0.271 e. The van der Waals surface area contributed by atoms with Crippen LogP contribution in [0.2, 0.25) is 0 Å². The van der Waals surface area contributed by atoms with Gasteiger partial charge in [-0.2, -0.15) is 0 Å². The summed E-state index contributed by atoms with van der Waals surface area (Å²) >= 11 is 1.46. The summed E-state index contributed by atoms with van der Waals surface area (Å²) in [5.74, 6) is 0.570. The van der Waals surface area contributed by atoms with E-state index in [0.29, 0.717) is 18.7 Å². The Morgan fingerprint density at radius 3 is 2.95 bits per heavy atom. The van der Waals surface area contributed by atoms with E-state index in [-0.39, 0.29) is 11.9 Å². The zero-order chi connectivity index (χ0) is 15.2. The molecule has 0 fully saturated rings. The van der Waals surface area contributed by atoms with Crippen LogP contribution in [-0.2, 0) is 6.42 Å². The van der Waals surface area contributed by atoms with Crippen molar-refractivity contribution in [2.45, 2.75) is 19.4 Å². The summed E-state index contributed by atoms with van der Waals surface area (Å²) in [5, 5.41) is 5.58. The van der Waals surface area contributed by atoms with E-state index in [0.717, 1.165) is 16.3 Å². The van der Waals surface area contributed by atoms with Crippen molar-refractivity contribution in [1.82, 2.24) is 10.3 Å². The van der Waals surface area contributed by atoms with E-state index in [2.05, 4.69) is 10.3 Å². The first-order valence-electron chi connectivity index (χ1n) is 6.74. The maximum Gasteiger partial charge on any atom is 0.271 e. The lowest BCUT2D eigenvalue weighted by Crippen LogP contribution is -2.27. The molecule has 0 unspecified atom stereocenters. The van der Waals surface area contributed by atoms with Crippen LogP contribution in [0.15, 0.2) is 29.6 Å². The number of ether oxygens (including phenoxy) is 1. The van der Waals surface area contributed by atoms with Crippen LogP contribution in [0.25, 0.3) is 0 Å². The lowest BCUT2D eigenvalue weighted by Gasteiger charge is -2.16. The Kier molecular flexibility index (Phi) is 5.30. The number of benzene rings is 1. The number of carbonyl (C=O) groups excluding carboxylic acids is 1. The van der Waals surface area contributed by atoms with Crippen LogP contribution in [0.3, 0.4) is 0 Å². The SMILES string of the molecule is COc1ccccc1[C@H](C)NC(=O)c1csc(CCN)n1. The maximum atomic E-state index is 12.2. The first-order valence-corrected chi connectivity index (χ1v) is 7.62. The molecule has 1 heterocycles. The summed E-state index contributed by atoms with van der Waals surface area (Å²) in [6, 6.07) is 7.47. The topological polar surface area (TPSA) is 77.2 Å². The second kappa shape index (κ2) is 7.19. The molecule has 0 radical (unpaired) electrons. The third-order valence-electron chi connectivity index (χ3n) is 3.10. The minimum absolute atomic E-state index is 0.159. The van der Waals surface area contributed by atoms with Crippen molar-refractivity contribution < 1.29 is 9.53 Å². The van der Waals surface area contributed by atoms with Crippen LogP contribution in [0.5, 0.6) is 5.75 Å². The first-order chi connectivity index (χ1) is 10.2. The molecule has 1 aromatic carbocycles. The number of nitrogens with one attached hydrogen (secondary N) is 1. The van der Waals surface area contributed by atoms with E-state index in [1.807, 2.05) is 31.2 Å². The molecule has 0 aliphatic heterocycles. The fourth-order valence-electron chi connectivity index (χ4n) is 2.03. The molecule has 5 nitrogen and oxygen atoms in total. The van der Waals surface area contributed by atoms with Gasteiger partial charge in [-0.1, -0.05) is 18.2 Å². The lowest BCUT2D eigenvalue weighted by atomic mass is 10.1. The van der Waals surface area contributed by atoms with Crippen LogP contribution in [0.1, 0.15) is 34.0 Å². The Balaban J connectivity index is 2.07. The summed E-state index contributed by atoms with van der Waals surface area (Å²) in [6.45, 7) is 2.45. The largest absolute Gasteiger partial charge is 0.496 e. The van der Waals surface area contributed by atoms with Gasteiger partial charge >= 0.3 is 0 Å². The van der Waals surface area contributed by atoms with Crippen molar-refractivity contribution in [3.63, 3.8) is 0 Å². The van der Waals surface area contributed by atoms with Crippen molar-refractivity contribution in [2.24, 2.45) is 5.73 Å². The van der Waals surface area contributed by atoms with Crippen molar-refractivity contribution in [3.8, 4) is 5.75 Å². The number of para-hydroxylation sites is 1. The maximum absolute atomic E-state index is 12.2. The summed E-state index contributed by atoms with van der Waals surface area (Å²) in [7, 11) is 1.62. The van der Waals surface area contributed by atoms with Gasteiger partial charge in [0.15, 0.2) is 0 Å². The highest BCUT2D eigenvalue weighted by Crippen LogP contribution is 2.24. The second-order valence-electron chi connectivity index (χ2n) is 4.60. The molecule has 21 heavy (non-hydrogen) atoms. The Hall–Kier alpha value is -1.92. The summed E-state index contributed by atoms with van der Waals surface area (Å²) in [5.41, 5.74) is 6.86. The summed E-state index contributed by atoms with van der Waals surface area (Å²) in [6.07, 6.45) is 0.694. The number of aromatic nitrogens is 1. The molecule has 0 bridgehead atoms. The van der Waals surface area contributed by atoms with Crippen molar-refractivity contribution in [1.29, 1.82) is 0 Å². The first kappa shape index (κ1) is 15.5. The van der Waals surface area contributed by atoms with Gasteiger partial charge < -0.3 is 15.8 Å². The highest BCUT2D eigenvalue weighted by Gasteiger charge is 2.16. The number of thiazole rings is 1. The standard InChI is InChI=1S/C15H19N3O2S/c1-10(11-5-3-4-6-13(11)20-2)17-15(19)12-9-21-14(18-12)7-8-16/h3-6,9-10H,7-8,16H2,1-2H3,(H,17,19)/t10-/m0/s1. The Morgan fingerprint density at radius 2 is 2.24 bits per heavy atom. The average Bonchev–Trinajstić information content (AvgIpc) is 2.96.